The second kappa shape index (κ2) is 6.50. The Bertz CT molecular complexity index is 637. The summed E-state index contributed by atoms with van der Waals surface area (Å²) in [5.74, 6) is 0.659. The molecule has 1 atom stereocenters. The van der Waals surface area contributed by atoms with Crippen LogP contribution in [0.5, 0.6) is 5.75 Å². The van der Waals surface area contributed by atoms with Gasteiger partial charge in [-0.05, 0) is 50.5 Å². The average Bonchev–Trinajstić information content (AvgIpc) is 2.70. The normalized spacial score (nSPS) is 12.5. The van der Waals surface area contributed by atoms with Crippen LogP contribution in [0, 0.1) is 13.8 Å². The maximum atomic E-state index is 10.4. The van der Waals surface area contributed by atoms with Crippen LogP contribution in [0.3, 0.4) is 0 Å². The highest BCUT2D eigenvalue weighted by Crippen LogP contribution is 2.31. The molecule has 0 fully saturated rings. The zero-order chi connectivity index (χ0) is 15.6. The minimum Gasteiger partial charge on any atom is -0.496 e. The van der Waals surface area contributed by atoms with Crippen LogP contribution in [0.15, 0.2) is 18.2 Å². The summed E-state index contributed by atoms with van der Waals surface area (Å²) in [7, 11) is 3.52. The van der Waals surface area contributed by atoms with Gasteiger partial charge in [0, 0.05) is 23.3 Å². The first kappa shape index (κ1) is 15.9. The number of aryl methyl sites for hydroxylation is 2. The largest absolute Gasteiger partial charge is 0.496 e. The van der Waals surface area contributed by atoms with Crippen molar-refractivity contribution in [3.05, 3.63) is 45.7 Å². The molecule has 0 amide bonds. The molecule has 5 heteroatoms. The number of hydrogen-bond acceptors (Lipinski definition) is 3. The van der Waals surface area contributed by atoms with Crippen molar-refractivity contribution in [2.45, 2.75) is 32.8 Å². The highest BCUT2D eigenvalue weighted by Gasteiger charge is 2.16. The van der Waals surface area contributed by atoms with Gasteiger partial charge in [-0.15, -0.1) is 0 Å². The van der Waals surface area contributed by atoms with Gasteiger partial charge in [-0.25, -0.2) is 0 Å². The van der Waals surface area contributed by atoms with Crippen molar-refractivity contribution >= 4 is 11.6 Å². The van der Waals surface area contributed by atoms with E-state index in [1.54, 1.807) is 25.3 Å². The van der Waals surface area contributed by atoms with E-state index in [9.17, 15) is 5.11 Å². The van der Waals surface area contributed by atoms with Crippen molar-refractivity contribution in [3.63, 3.8) is 0 Å². The van der Waals surface area contributed by atoms with Gasteiger partial charge in [0.05, 0.1) is 18.9 Å². The Balaban J connectivity index is 2.15. The van der Waals surface area contributed by atoms with Gasteiger partial charge < -0.3 is 9.84 Å². The van der Waals surface area contributed by atoms with Gasteiger partial charge in [0.15, 0.2) is 0 Å². The number of rotatable bonds is 5. The number of benzene rings is 1. The van der Waals surface area contributed by atoms with E-state index in [4.69, 9.17) is 16.3 Å². The van der Waals surface area contributed by atoms with E-state index in [1.165, 1.54) is 5.56 Å². The number of aliphatic hydroxyl groups is 1. The first-order valence-electron chi connectivity index (χ1n) is 6.94. The lowest BCUT2D eigenvalue weighted by Gasteiger charge is -2.15. The number of aromatic nitrogens is 2. The SMILES string of the molecule is COc1ccc(Cl)cc1C(O)CCc1c(C)nn(C)c1C. The van der Waals surface area contributed by atoms with E-state index in [-0.39, 0.29) is 0 Å². The molecule has 2 rings (SSSR count). The summed E-state index contributed by atoms with van der Waals surface area (Å²) in [6, 6.07) is 5.29. The van der Waals surface area contributed by atoms with Gasteiger partial charge in [-0.3, -0.25) is 4.68 Å². The topological polar surface area (TPSA) is 47.3 Å². The summed E-state index contributed by atoms with van der Waals surface area (Å²) in [5.41, 5.74) is 4.07. The predicted octanol–water partition coefficient (Wildman–Crippen LogP) is 3.37. The first-order valence-corrected chi connectivity index (χ1v) is 7.32. The molecule has 0 radical (unpaired) electrons. The molecule has 1 heterocycles. The Labute approximate surface area is 130 Å². The van der Waals surface area contributed by atoms with Gasteiger partial charge in [0.2, 0.25) is 0 Å². The lowest BCUT2D eigenvalue weighted by atomic mass is 9.99. The molecular weight excluding hydrogens is 288 g/mol. The highest BCUT2D eigenvalue weighted by atomic mass is 35.5. The van der Waals surface area contributed by atoms with Crippen molar-refractivity contribution < 1.29 is 9.84 Å². The summed E-state index contributed by atoms with van der Waals surface area (Å²) < 4.78 is 7.16. The van der Waals surface area contributed by atoms with Crippen molar-refractivity contribution in [1.29, 1.82) is 0 Å². The molecule has 4 nitrogen and oxygen atoms in total. The zero-order valence-electron chi connectivity index (χ0n) is 12.9. The van der Waals surface area contributed by atoms with Gasteiger partial charge in [-0.2, -0.15) is 5.10 Å². The standard InChI is InChI=1S/C16H21ClN2O2/c1-10-13(11(2)19(3)18-10)6-7-15(20)14-9-12(17)5-8-16(14)21-4/h5,8-9,15,20H,6-7H2,1-4H3. The highest BCUT2D eigenvalue weighted by molar-refractivity contribution is 6.30. The number of methoxy groups -OCH3 is 1. The molecule has 0 aliphatic heterocycles. The molecule has 114 valence electrons. The molecular formula is C16H21ClN2O2. The van der Waals surface area contributed by atoms with Gasteiger partial charge in [-0.1, -0.05) is 11.6 Å². The fourth-order valence-corrected chi connectivity index (χ4v) is 2.76. The molecule has 1 unspecified atom stereocenters. The lowest BCUT2D eigenvalue weighted by Crippen LogP contribution is -2.03. The van der Waals surface area contributed by atoms with E-state index in [2.05, 4.69) is 5.10 Å². The summed E-state index contributed by atoms with van der Waals surface area (Å²) in [6.07, 6.45) is 0.754. The molecule has 0 bridgehead atoms. The smallest absolute Gasteiger partial charge is 0.124 e. The van der Waals surface area contributed by atoms with Crippen LogP contribution in [-0.4, -0.2) is 22.0 Å². The van der Waals surface area contributed by atoms with Crippen LogP contribution in [0.25, 0.3) is 0 Å². The fourth-order valence-electron chi connectivity index (χ4n) is 2.58. The predicted molar refractivity (Wildman–Crippen MR) is 84.0 cm³/mol. The Hall–Kier alpha value is -1.52. The molecule has 2 aromatic rings. The third-order valence-corrected chi connectivity index (χ3v) is 4.11. The van der Waals surface area contributed by atoms with Crippen LogP contribution >= 0.6 is 11.6 Å². The molecule has 0 aliphatic carbocycles. The van der Waals surface area contributed by atoms with Crippen LogP contribution in [-0.2, 0) is 13.5 Å². The molecule has 0 aliphatic rings. The van der Waals surface area contributed by atoms with E-state index >= 15 is 0 Å². The Morgan fingerprint density at radius 2 is 2.10 bits per heavy atom. The average molecular weight is 309 g/mol. The molecule has 0 saturated carbocycles. The van der Waals surface area contributed by atoms with Crippen LogP contribution < -0.4 is 4.74 Å². The zero-order valence-corrected chi connectivity index (χ0v) is 13.6. The lowest BCUT2D eigenvalue weighted by molar-refractivity contribution is 0.163. The third kappa shape index (κ3) is 3.39. The van der Waals surface area contributed by atoms with Crippen molar-refractivity contribution in [1.82, 2.24) is 9.78 Å². The van der Waals surface area contributed by atoms with Crippen LogP contribution in [0.1, 0.15) is 35.0 Å². The van der Waals surface area contributed by atoms with Gasteiger partial charge in [0.25, 0.3) is 0 Å². The second-order valence-corrected chi connectivity index (χ2v) is 5.65. The first-order chi connectivity index (χ1) is 9.93. The summed E-state index contributed by atoms with van der Waals surface area (Å²) in [5, 5.41) is 15.4. The molecule has 1 aromatic carbocycles. The third-order valence-electron chi connectivity index (χ3n) is 3.88. The molecule has 0 spiro atoms. The number of halogens is 1. The number of nitrogens with zero attached hydrogens (tertiary/aromatic N) is 2. The van der Waals surface area contributed by atoms with E-state index in [1.807, 2.05) is 25.6 Å². The van der Waals surface area contributed by atoms with Crippen LogP contribution in [0.4, 0.5) is 0 Å². The van der Waals surface area contributed by atoms with Crippen molar-refractivity contribution in [3.8, 4) is 5.75 Å². The Kier molecular flexibility index (Phi) is 4.91. The van der Waals surface area contributed by atoms with Gasteiger partial charge >= 0.3 is 0 Å². The summed E-state index contributed by atoms with van der Waals surface area (Å²) >= 11 is 6.01. The minimum absolute atomic E-state index is 0.596. The number of ether oxygens (including phenoxy) is 1. The van der Waals surface area contributed by atoms with Gasteiger partial charge in [0.1, 0.15) is 5.75 Å². The van der Waals surface area contributed by atoms with E-state index < -0.39 is 6.10 Å². The minimum atomic E-state index is -0.613. The molecule has 0 saturated heterocycles. The maximum Gasteiger partial charge on any atom is 0.124 e. The van der Waals surface area contributed by atoms with E-state index in [0.717, 1.165) is 23.4 Å². The molecule has 1 aromatic heterocycles. The maximum absolute atomic E-state index is 10.4. The fraction of sp³-hybridized carbons (Fsp3) is 0.438. The number of hydrogen-bond donors (Lipinski definition) is 1. The Morgan fingerprint density at radius 1 is 1.38 bits per heavy atom. The summed E-state index contributed by atoms with van der Waals surface area (Å²) in [6.45, 7) is 4.04. The van der Waals surface area contributed by atoms with Crippen LogP contribution in [0.2, 0.25) is 5.02 Å². The second-order valence-electron chi connectivity index (χ2n) is 5.21. The monoisotopic (exact) mass is 308 g/mol. The van der Waals surface area contributed by atoms with Crippen molar-refractivity contribution in [2.24, 2.45) is 7.05 Å². The summed E-state index contributed by atoms with van der Waals surface area (Å²) in [4.78, 5) is 0. The number of aliphatic hydroxyl groups excluding tert-OH is 1. The Morgan fingerprint density at radius 3 is 2.67 bits per heavy atom. The molecule has 21 heavy (non-hydrogen) atoms. The van der Waals surface area contributed by atoms with Crippen molar-refractivity contribution in [2.75, 3.05) is 7.11 Å². The quantitative estimate of drug-likeness (QED) is 0.921. The molecule has 1 N–H and O–H groups in total. The van der Waals surface area contributed by atoms with E-state index in [0.29, 0.717) is 17.2 Å².